The van der Waals surface area contributed by atoms with Crippen LogP contribution in [0.25, 0.3) is 0 Å². The van der Waals surface area contributed by atoms with Crippen molar-refractivity contribution in [1.82, 2.24) is 9.97 Å². The third-order valence-corrected chi connectivity index (χ3v) is 5.68. The number of carbonyl (C=O) groups is 1. The smallest absolute Gasteiger partial charge is 0.255 e. The van der Waals surface area contributed by atoms with Gasteiger partial charge in [0.2, 0.25) is 5.91 Å². The maximum Gasteiger partial charge on any atom is 0.255 e. The molecule has 0 saturated carbocycles. The molecule has 9 heteroatoms. The van der Waals surface area contributed by atoms with Gasteiger partial charge in [-0.2, -0.15) is 0 Å². The van der Waals surface area contributed by atoms with Gasteiger partial charge in [0.15, 0.2) is 5.16 Å². The summed E-state index contributed by atoms with van der Waals surface area (Å²) in [5.74, 6) is 0.622. The molecule has 0 spiro atoms. The first-order chi connectivity index (χ1) is 14.9. The lowest BCUT2D eigenvalue weighted by Crippen LogP contribution is -2.19. The molecule has 31 heavy (non-hydrogen) atoms. The van der Waals surface area contributed by atoms with Crippen LogP contribution in [0.1, 0.15) is 16.8 Å². The van der Waals surface area contributed by atoms with Crippen LogP contribution in [-0.2, 0) is 11.2 Å². The number of methoxy groups -OCH3 is 2. The van der Waals surface area contributed by atoms with E-state index in [4.69, 9.17) is 21.1 Å². The molecule has 2 aromatic carbocycles. The summed E-state index contributed by atoms with van der Waals surface area (Å²) in [6.45, 7) is 1.79. The molecular weight excluding hydrogens is 438 g/mol. The zero-order valence-corrected chi connectivity index (χ0v) is 18.9. The first kappa shape index (κ1) is 22.7. The predicted molar refractivity (Wildman–Crippen MR) is 123 cm³/mol. The largest absolute Gasteiger partial charge is 0.495 e. The first-order valence-electron chi connectivity index (χ1n) is 9.39. The molecule has 1 aromatic heterocycles. The second-order valence-electron chi connectivity index (χ2n) is 6.62. The van der Waals surface area contributed by atoms with E-state index in [9.17, 15) is 9.59 Å². The summed E-state index contributed by atoms with van der Waals surface area (Å²) in [7, 11) is 2.98. The van der Waals surface area contributed by atoms with Crippen LogP contribution in [0.3, 0.4) is 0 Å². The average molecular weight is 460 g/mol. The van der Waals surface area contributed by atoms with E-state index in [1.807, 2.05) is 30.3 Å². The molecule has 0 aliphatic heterocycles. The number of hydrogen-bond donors (Lipinski definition) is 2. The molecule has 0 radical (unpaired) electrons. The molecule has 1 heterocycles. The third kappa shape index (κ3) is 5.80. The van der Waals surface area contributed by atoms with E-state index in [2.05, 4.69) is 15.3 Å². The number of amides is 1. The van der Waals surface area contributed by atoms with Gasteiger partial charge in [-0.3, -0.25) is 9.59 Å². The van der Waals surface area contributed by atoms with Crippen molar-refractivity contribution in [2.75, 3.05) is 25.3 Å². The van der Waals surface area contributed by atoms with Crippen molar-refractivity contribution in [3.05, 3.63) is 74.7 Å². The number of thioether (sulfide) groups is 1. The molecule has 162 valence electrons. The monoisotopic (exact) mass is 459 g/mol. The van der Waals surface area contributed by atoms with E-state index < -0.39 is 0 Å². The fourth-order valence-electron chi connectivity index (χ4n) is 2.94. The Morgan fingerprint density at radius 3 is 2.52 bits per heavy atom. The zero-order valence-electron chi connectivity index (χ0n) is 17.3. The molecule has 0 saturated heterocycles. The van der Waals surface area contributed by atoms with Gasteiger partial charge >= 0.3 is 0 Å². The maximum atomic E-state index is 12.5. The first-order valence-corrected chi connectivity index (χ1v) is 10.8. The third-order valence-electron chi connectivity index (χ3n) is 4.51. The van der Waals surface area contributed by atoms with Crippen molar-refractivity contribution in [3.63, 3.8) is 0 Å². The van der Waals surface area contributed by atoms with Gasteiger partial charge in [-0.05, 0) is 18.6 Å². The molecule has 3 rings (SSSR count). The molecule has 2 N–H and O–H groups in total. The van der Waals surface area contributed by atoms with Crippen LogP contribution < -0.4 is 20.3 Å². The van der Waals surface area contributed by atoms with Crippen LogP contribution in [0.15, 0.2) is 52.4 Å². The van der Waals surface area contributed by atoms with Crippen molar-refractivity contribution in [2.24, 2.45) is 0 Å². The fraction of sp³-hybridized carbons (Fsp3) is 0.227. The lowest BCUT2D eigenvalue weighted by molar-refractivity contribution is -0.113. The van der Waals surface area contributed by atoms with E-state index in [0.717, 1.165) is 17.3 Å². The molecule has 0 unspecified atom stereocenters. The topological polar surface area (TPSA) is 93.3 Å². The highest BCUT2D eigenvalue weighted by Gasteiger charge is 2.14. The molecule has 0 aliphatic carbocycles. The number of H-pyrrole nitrogens is 1. The number of ether oxygens (including phenoxy) is 2. The van der Waals surface area contributed by atoms with Crippen LogP contribution in [0.5, 0.6) is 11.5 Å². The van der Waals surface area contributed by atoms with Crippen LogP contribution >= 0.6 is 23.4 Å². The van der Waals surface area contributed by atoms with E-state index in [1.165, 1.54) is 14.2 Å². The molecule has 0 fully saturated rings. The Balaban J connectivity index is 1.67. The summed E-state index contributed by atoms with van der Waals surface area (Å²) in [4.78, 5) is 32.1. The summed E-state index contributed by atoms with van der Waals surface area (Å²) in [5, 5.41) is 3.49. The highest BCUT2D eigenvalue weighted by Crippen LogP contribution is 2.36. The standard InChI is InChI=1S/C22H22ClN3O4S/c1-13-15(9-14-7-5-4-6-8-14)21(28)26-22(24-13)31-12-20(27)25-17-10-16(23)18(29-2)11-19(17)30-3/h4-8,10-11H,9,12H2,1-3H3,(H,25,27)(H,24,26,28). The van der Waals surface area contributed by atoms with Crippen molar-refractivity contribution < 1.29 is 14.3 Å². The summed E-state index contributed by atoms with van der Waals surface area (Å²) >= 11 is 7.27. The second-order valence-corrected chi connectivity index (χ2v) is 7.99. The normalized spacial score (nSPS) is 10.6. The minimum Gasteiger partial charge on any atom is -0.495 e. The van der Waals surface area contributed by atoms with E-state index in [1.54, 1.807) is 19.1 Å². The molecule has 1 amide bonds. The Hall–Kier alpha value is -2.97. The van der Waals surface area contributed by atoms with Crippen molar-refractivity contribution in [2.45, 2.75) is 18.5 Å². The van der Waals surface area contributed by atoms with E-state index >= 15 is 0 Å². The summed E-state index contributed by atoms with van der Waals surface area (Å²) in [5.41, 5.74) is 2.50. The molecule has 7 nitrogen and oxygen atoms in total. The van der Waals surface area contributed by atoms with Crippen molar-refractivity contribution in [3.8, 4) is 11.5 Å². The van der Waals surface area contributed by atoms with E-state index in [-0.39, 0.29) is 17.2 Å². The Morgan fingerprint density at radius 1 is 1.16 bits per heavy atom. The van der Waals surface area contributed by atoms with Crippen LogP contribution in [0, 0.1) is 6.92 Å². The van der Waals surface area contributed by atoms with Gasteiger partial charge in [0.25, 0.3) is 5.56 Å². The van der Waals surface area contributed by atoms with Crippen LogP contribution in [0.4, 0.5) is 5.69 Å². The minimum atomic E-state index is -0.293. The minimum absolute atomic E-state index is 0.0488. The Kier molecular flexibility index (Phi) is 7.59. The summed E-state index contributed by atoms with van der Waals surface area (Å²) in [6.07, 6.45) is 0.498. The van der Waals surface area contributed by atoms with E-state index in [0.29, 0.717) is 45.0 Å². The number of benzene rings is 2. The molecular formula is C22H22ClN3O4S. The van der Waals surface area contributed by atoms with Gasteiger partial charge in [-0.25, -0.2) is 4.98 Å². The number of rotatable bonds is 8. The number of aryl methyl sites for hydroxylation is 1. The van der Waals surface area contributed by atoms with Crippen molar-refractivity contribution >= 4 is 35.0 Å². The Morgan fingerprint density at radius 2 is 1.87 bits per heavy atom. The van der Waals surface area contributed by atoms with Gasteiger partial charge in [-0.1, -0.05) is 53.7 Å². The highest BCUT2D eigenvalue weighted by molar-refractivity contribution is 7.99. The molecule has 0 aliphatic rings. The van der Waals surface area contributed by atoms with Gasteiger partial charge in [-0.15, -0.1) is 0 Å². The zero-order chi connectivity index (χ0) is 22.4. The van der Waals surface area contributed by atoms with Gasteiger partial charge in [0, 0.05) is 23.7 Å². The highest BCUT2D eigenvalue weighted by atomic mass is 35.5. The summed E-state index contributed by atoms with van der Waals surface area (Å²) in [6, 6.07) is 12.9. The number of halogens is 1. The predicted octanol–water partition coefficient (Wildman–Crippen LogP) is 4.07. The maximum absolute atomic E-state index is 12.5. The molecule has 3 aromatic rings. The van der Waals surface area contributed by atoms with Crippen LogP contribution in [0.2, 0.25) is 5.02 Å². The number of aromatic nitrogens is 2. The summed E-state index contributed by atoms with van der Waals surface area (Å²) < 4.78 is 10.4. The quantitative estimate of drug-likeness (QED) is 0.389. The van der Waals surface area contributed by atoms with Gasteiger partial charge in [0.1, 0.15) is 11.5 Å². The number of nitrogens with one attached hydrogen (secondary N) is 2. The lowest BCUT2D eigenvalue weighted by atomic mass is 10.1. The van der Waals surface area contributed by atoms with Crippen molar-refractivity contribution in [1.29, 1.82) is 0 Å². The average Bonchev–Trinajstić information content (AvgIpc) is 2.76. The van der Waals surface area contributed by atoms with Gasteiger partial charge in [0.05, 0.1) is 30.7 Å². The second kappa shape index (κ2) is 10.4. The Bertz CT molecular complexity index is 1140. The number of nitrogens with zero attached hydrogens (tertiary/aromatic N) is 1. The van der Waals surface area contributed by atoms with Gasteiger partial charge < -0.3 is 19.8 Å². The number of carbonyl (C=O) groups excluding carboxylic acids is 1. The van der Waals surface area contributed by atoms with Crippen LogP contribution in [-0.4, -0.2) is 35.8 Å². The molecule has 0 atom stereocenters. The number of hydrogen-bond acceptors (Lipinski definition) is 6. The number of anilines is 1. The molecule has 0 bridgehead atoms. The Labute approximate surface area is 189 Å². The fourth-order valence-corrected chi connectivity index (χ4v) is 3.89. The lowest BCUT2D eigenvalue weighted by Gasteiger charge is -2.13. The SMILES string of the molecule is COc1cc(OC)c(NC(=O)CSc2nc(C)c(Cc3ccccc3)c(=O)[nH]2)cc1Cl. The number of aromatic amines is 1.